The smallest absolute Gasteiger partial charge is 0.387 e. The molecule has 0 saturated heterocycles. The summed E-state index contributed by atoms with van der Waals surface area (Å²) in [4.78, 5) is 12.9. The predicted octanol–water partition coefficient (Wildman–Crippen LogP) is 4.59. The van der Waals surface area contributed by atoms with E-state index in [4.69, 9.17) is 0 Å². The highest BCUT2D eigenvalue weighted by Crippen LogP contribution is 2.42. The summed E-state index contributed by atoms with van der Waals surface area (Å²) in [6.45, 7) is -0.824. The molecule has 4 rings (SSSR count). The van der Waals surface area contributed by atoms with Crippen LogP contribution in [0.2, 0.25) is 0 Å². The number of amides is 1. The van der Waals surface area contributed by atoms with Gasteiger partial charge in [-0.2, -0.15) is 13.9 Å². The molecule has 1 heterocycles. The molecule has 2 aromatic carbocycles. The first-order valence-corrected chi connectivity index (χ1v) is 9.49. The Morgan fingerprint density at radius 1 is 1.21 bits per heavy atom. The van der Waals surface area contributed by atoms with Gasteiger partial charge in [0.05, 0.1) is 23.1 Å². The molecule has 0 atom stereocenters. The van der Waals surface area contributed by atoms with Crippen molar-refractivity contribution in [1.29, 1.82) is 0 Å². The van der Waals surface area contributed by atoms with E-state index in [9.17, 15) is 13.6 Å². The maximum absolute atomic E-state index is 12.9. The summed E-state index contributed by atoms with van der Waals surface area (Å²) in [5, 5.41) is 7.29. The Balaban J connectivity index is 1.57. The molecule has 0 bridgehead atoms. The molecule has 1 aliphatic carbocycles. The average molecular weight is 397 g/mol. The molecule has 29 heavy (non-hydrogen) atoms. The van der Waals surface area contributed by atoms with Gasteiger partial charge in [0.25, 0.3) is 5.91 Å². The lowest BCUT2D eigenvalue weighted by Gasteiger charge is -2.13. The summed E-state index contributed by atoms with van der Waals surface area (Å²) < 4.78 is 31.6. The first-order chi connectivity index (χ1) is 14.0. The molecule has 1 aliphatic rings. The summed E-state index contributed by atoms with van der Waals surface area (Å²) in [5.74, 6) is 0.0757. The molecule has 3 aromatic rings. The van der Waals surface area contributed by atoms with Crippen molar-refractivity contribution in [2.75, 3.05) is 0 Å². The molecular formula is C22H21F2N3O2. The van der Waals surface area contributed by atoms with E-state index in [1.165, 1.54) is 6.07 Å². The Hall–Kier alpha value is -3.22. The number of carbonyl (C=O) groups excluding carboxylic acids is 1. The molecule has 0 unspecified atom stereocenters. The molecule has 7 heteroatoms. The van der Waals surface area contributed by atoms with Crippen molar-refractivity contribution >= 4 is 5.91 Å². The number of halogens is 2. The minimum atomic E-state index is -2.92. The molecular weight excluding hydrogens is 376 g/mol. The lowest BCUT2D eigenvalue weighted by Crippen LogP contribution is -2.24. The second kappa shape index (κ2) is 8.03. The monoisotopic (exact) mass is 397 g/mol. The van der Waals surface area contributed by atoms with E-state index in [0.29, 0.717) is 17.0 Å². The van der Waals surface area contributed by atoms with Crippen LogP contribution in [0.25, 0.3) is 5.69 Å². The summed E-state index contributed by atoms with van der Waals surface area (Å²) in [6, 6.07) is 14.3. The number of nitrogens with one attached hydrogen (secondary N) is 1. The predicted molar refractivity (Wildman–Crippen MR) is 105 cm³/mol. The van der Waals surface area contributed by atoms with E-state index in [-0.39, 0.29) is 18.2 Å². The summed E-state index contributed by atoms with van der Waals surface area (Å²) in [7, 11) is 0. The number of nitrogens with zero attached hydrogens (tertiary/aromatic N) is 2. The molecule has 1 saturated carbocycles. The van der Waals surface area contributed by atoms with E-state index in [2.05, 4.69) is 15.2 Å². The van der Waals surface area contributed by atoms with Gasteiger partial charge in [0, 0.05) is 18.0 Å². The quantitative estimate of drug-likeness (QED) is 0.634. The van der Waals surface area contributed by atoms with Crippen molar-refractivity contribution in [1.82, 2.24) is 15.1 Å². The SMILES string of the molecule is Cc1ccccc1-n1ncc(C(=O)NCc2ccccc2OC(F)F)c1C1CC1. The van der Waals surface area contributed by atoms with Crippen LogP contribution in [0.4, 0.5) is 8.78 Å². The summed E-state index contributed by atoms with van der Waals surface area (Å²) in [5.41, 5.74) is 3.92. The zero-order valence-corrected chi connectivity index (χ0v) is 15.9. The number of hydrogen-bond donors (Lipinski definition) is 1. The van der Waals surface area contributed by atoms with Crippen LogP contribution in [-0.2, 0) is 6.54 Å². The third-order valence-electron chi connectivity index (χ3n) is 4.99. The van der Waals surface area contributed by atoms with Crippen LogP contribution in [0, 0.1) is 6.92 Å². The topological polar surface area (TPSA) is 56.2 Å². The van der Waals surface area contributed by atoms with E-state index >= 15 is 0 Å². The minimum Gasteiger partial charge on any atom is -0.434 e. The highest BCUT2D eigenvalue weighted by atomic mass is 19.3. The maximum atomic E-state index is 12.9. The lowest BCUT2D eigenvalue weighted by molar-refractivity contribution is -0.0504. The van der Waals surface area contributed by atoms with Gasteiger partial charge in [-0.3, -0.25) is 4.79 Å². The van der Waals surface area contributed by atoms with E-state index in [0.717, 1.165) is 29.8 Å². The number of ether oxygens (including phenoxy) is 1. The lowest BCUT2D eigenvalue weighted by atomic mass is 10.1. The van der Waals surface area contributed by atoms with Crippen molar-refractivity contribution in [3.8, 4) is 11.4 Å². The molecule has 1 fully saturated rings. The summed E-state index contributed by atoms with van der Waals surface area (Å²) >= 11 is 0. The zero-order valence-electron chi connectivity index (χ0n) is 15.9. The molecule has 0 radical (unpaired) electrons. The van der Waals surface area contributed by atoms with Gasteiger partial charge < -0.3 is 10.1 Å². The van der Waals surface area contributed by atoms with Crippen LogP contribution in [0.1, 0.15) is 45.9 Å². The van der Waals surface area contributed by atoms with Gasteiger partial charge >= 0.3 is 6.61 Å². The van der Waals surface area contributed by atoms with Crippen LogP contribution in [0.3, 0.4) is 0 Å². The number of rotatable bonds is 7. The van der Waals surface area contributed by atoms with Crippen molar-refractivity contribution in [3.63, 3.8) is 0 Å². The van der Waals surface area contributed by atoms with Crippen LogP contribution in [0.15, 0.2) is 54.7 Å². The van der Waals surface area contributed by atoms with Gasteiger partial charge in [-0.15, -0.1) is 0 Å². The number of aryl methyl sites for hydroxylation is 1. The largest absolute Gasteiger partial charge is 0.434 e. The molecule has 1 N–H and O–H groups in total. The fourth-order valence-corrected chi connectivity index (χ4v) is 3.41. The number of carbonyl (C=O) groups is 1. The zero-order chi connectivity index (χ0) is 20.4. The number of alkyl halides is 2. The standard InChI is InChI=1S/C22H21F2N3O2/c1-14-6-2-4-8-18(14)27-20(15-10-11-15)17(13-26-27)21(28)25-12-16-7-3-5-9-19(16)29-22(23)24/h2-9,13,15,22H,10-12H2,1H3,(H,25,28). The van der Waals surface area contributed by atoms with Gasteiger partial charge in [0.1, 0.15) is 5.75 Å². The Bertz CT molecular complexity index is 1030. The second-order valence-corrected chi connectivity index (χ2v) is 7.08. The molecule has 0 aliphatic heterocycles. The van der Waals surface area contributed by atoms with Crippen molar-refractivity contribution < 1.29 is 18.3 Å². The Labute approximate surface area is 167 Å². The number of para-hydroxylation sites is 2. The first-order valence-electron chi connectivity index (χ1n) is 9.49. The summed E-state index contributed by atoms with van der Waals surface area (Å²) in [6.07, 6.45) is 3.61. The van der Waals surface area contributed by atoms with Crippen LogP contribution in [-0.4, -0.2) is 22.3 Å². The Morgan fingerprint density at radius 2 is 1.93 bits per heavy atom. The molecule has 5 nitrogen and oxygen atoms in total. The third-order valence-corrected chi connectivity index (χ3v) is 4.99. The van der Waals surface area contributed by atoms with Gasteiger partial charge in [-0.05, 0) is 37.5 Å². The first kappa shape index (κ1) is 19.1. The highest BCUT2D eigenvalue weighted by Gasteiger charge is 2.33. The van der Waals surface area contributed by atoms with Gasteiger partial charge in [-0.25, -0.2) is 4.68 Å². The van der Waals surface area contributed by atoms with E-state index < -0.39 is 6.61 Å². The van der Waals surface area contributed by atoms with Gasteiger partial charge in [0.15, 0.2) is 0 Å². The van der Waals surface area contributed by atoms with Gasteiger partial charge in [-0.1, -0.05) is 36.4 Å². The Morgan fingerprint density at radius 3 is 2.66 bits per heavy atom. The van der Waals surface area contributed by atoms with Crippen molar-refractivity contribution in [3.05, 3.63) is 77.1 Å². The number of hydrogen-bond acceptors (Lipinski definition) is 3. The van der Waals surface area contributed by atoms with Gasteiger partial charge in [0.2, 0.25) is 0 Å². The van der Waals surface area contributed by atoms with Crippen molar-refractivity contribution in [2.24, 2.45) is 0 Å². The number of benzene rings is 2. The molecule has 0 spiro atoms. The Kier molecular flexibility index (Phi) is 5.29. The fourth-order valence-electron chi connectivity index (χ4n) is 3.41. The average Bonchev–Trinajstić information content (AvgIpc) is 3.45. The van der Waals surface area contributed by atoms with Crippen LogP contribution in [0.5, 0.6) is 5.75 Å². The molecule has 150 valence electrons. The number of aromatic nitrogens is 2. The van der Waals surface area contributed by atoms with Crippen LogP contribution < -0.4 is 10.1 Å². The minimum absolute atomic E-state index is 0.0563. The molecule has 1 aromatic heterocycles. The maximum Gasteiger partial charge on any atom is 0.387 e. The fraction of sp³-hybridized carbons (Fsp3) is 0.273. The third kappa shape index (κ3) is 4.13. The molecule has 1 amide bonds. The van der Waals surface area contributed by atoms with E-state index in [1.54, 1.807) is 24.4 Å². The van der Waals surface area contributed by atoms with Crippen LogP contribution >= 0.6 is 0 Å². The highest BCUT2D eigenvalue weighted by molar-refractivity contribution is 5.95. The van der Waals surface area contributed by atoms with E-state index in [1.807, 2.05) is 35.9 Å². The normalized spacial score (nSPS) is 13.5. The second-order valence-electron chi connectivity index (χ2n) is 7.08. The van der Waals surface area contributed by atoms with Crippen molar-refractivity contribution in [2.45, 2.75) is 38.8 Å².